The summed E-state index contributed by atoms with van der Waals surface area (Å²) in [6, 6.07) is 30.0. The van der Waals surface area contributed by atoms with Crippen molar-refractivity contribution in [1.82, 2.24) is 4.98 Å². The van der Waals surface area contributed by atoms with Gasteiger partial charge in [0.1, 0.15) is 23.4 Å². The molecule has 0 fully saturated rings. The lowest BCUT2D eigenvalue weighted by Crippen LogP contribution is -1.94. The van der Waals surface area contributed by atoms with E-state index in [1.54, 1.807) is 0 Å². The van der Waals surface area contributed by atoms with Crippen LogP contribution in [0.2, 0.25) is 0 Å². The molecule has 0 spiro atoms. The van der Waals surface area contributed by atoms with Crippen LogP contribution in [0.15, 0.2) is 90.3 Å². The Balaban J connectivity index is 1.47. The SMILES string of the molecule is N#C/C(=C/c1ccc(OCc2ccccc2)cc1)c1nc(-c2ccccc2)cs1. The molecule has 140 valence electrons. The summed E-state index contributed by atoms with van der Waals surface area (Å²) in [6.07, 6.45) is 1.86. The monoisotopic (exact) mass is 394 g/mol. The van der Waals surface area contributed by atoms with Crippen LogP contribution < -0.4 is 4.74 Å². The number of allylic oxidation sites excluding steroid dienone is 1. The Morgan fingerprint density at radius 1 is 0.931 bits per heavy atom. The van der Waals surface area contributed by atoms with Gasteiger partial charge in [-0.2, -0.15) is 5.26 Å². The average Bonchev–Trinajstić information content (AvgIpc) is 3.28. The number of rotatable bonds is 6. The van der Waals surface area contributed by atoms with Crippen LogP contribution in [0.25, 0.3) is 22.9 Å². The first-order valence-corrected chi connectivity index (χ1v) is 10.1. The van der Waals surface area contributed by atoms with E-state index in [4.69, 9.17) is 4.74 Å². The van der Waals surface area contributed by atoms with Gasteiger partial charge in [-0.05, 0) is 29.3 Å². The zero-order valence-electron chi connectivity index (χ0n) is 15.7. The molecule has 0 N–H and O–H groups in total. The highest BCUT2D eigenvalue weighted by molar-refractivity contribution is 7.11. The first-order chi connectivity index (χ1) is 14.3. The lowest BCUT2D eigenvalue weighted by molar-refractivity contribution is 0.306. The van der Waals surface area contributed by atoms with Crippen molar-refractivity contribution < 1.29 is 4.74 Å². The molecule has 0 radical (unpaired) electrons. The number of nitriles is 1. The third kappa shape index (κ3) is 4.78. The molecule has 1 heterocycles. The second-order valence-corrected chi connectivity index (χ2v) is 7.28. The topological polar surface area (TPSA) is 45.9 Å². The Bertz CT molecular complexity index is 1140. The molecule has 3 nitrogen and oxygen atoms in total. The second kappa shape index (κ2) is 9.01. The number of thiazole rings is 1. The van der Waals surface area contributed by atoms with E-state index in [-0.39, 0.29) is 0 Å². The molecular formula is C25H18N2OS. The molecule has 29 heavy (non-hydrogen) atoms. The van der Waals surface area contributed by atoms with E-state index in [1.807, 2.05) is 96.4 Å². The summed E-state index contributed by atoms with van der Waals surface area (Å²) in [4.78, 5) is 4.63. The third-order valence-electron chi connectivity index (χ3n) is 4.36. The third-order valence-corrected chi connectivity index (χ3v) is 5.24. The summed E-state index contributed by atoms with van der Waals surface area (Å²) in [5.74, 6) is 0.796. The predicted octanol–water partition coefficient (Wildman–Crippen LogP) is 6.45. The maximum Gasteiger partial charge on any atom is 0.134 e. The van der Waals surface area contributed by atoms with E-state index in [2.05, 4.69) is 11.1 Å². The summed E-state index contributed by atoms with van der Waals surface area (Å²) in [5, 5.41) is 12.3. The van der Waals surface area contributed by atoms with E-state index in [1.165, 1.54) is 11.3 Å². The van der Waals surface area contributed by atoms with Crippen molar-refractivity contribution in [2.45, 2.75) is 6.61 Å². The molecule has 4 rings (SSSR count). The van der Waals surface area contributed by atoms with Crippen LogP contribution in [-0.4, -0.2) is 4.98 Å². The predicted molar refractivity (Wildman–Crippen MR) is 118 cm³/mol. The maximum atomic E-state index is 9.61. The minimum atomic E-state index is 0.529. The van der Waals surface area contributed by atoms with Gasteiger partial charge in [-0.1, -0.05) is 72.8 Å². The number of hydrogen-bond donors (Lipinski definition) is 0. The van der Waals surface area contributed by atoms with Crippen LogP contribution in [0, 0.1) is 11.3 Å². The Kier molecular flexibility index (Phi) is 5.80. The lowest BCUT2D eigenvalue weighted by atomic mass is 10.1. The van der Waals surface area contributed by atoms with Gasteiger partial charge in [0.15, 0.2) is 0 Å². The minimum absolute atomic E-state index is 0.529. The van der Waals surface area contributed by atoms with E-state index in [0.717, 1.165) is 33.1 Å². The fourth-order valence-corrected chi connectivity index (χ4v) is 3.64. The van der Waals surface area contributed by atoms with Crippen LogP contribution in [0.4, 0.5) is 0 Å². The van der Waals surface area contributed by atoms with Crippen LogP contribution in [0.3, 0.4) is 0 Å². The Hall–Kier alpha value is -3.68. The Labute approximate surface area is 174 Å². The quantitative estimate of drug-likeness (QED) is 0.353. The van der Waals surface area contributed by atoms with Crippen LogP contribution in [0.5, 0.6) is 5.75 Å². The standard InChI is InChI=1S/C25H18N2OS/c26-16-22(25-27-24(18-29-25)21-9-5-2-6-10-21)15-19-11-13-23(14-12-19)28-17-20-7-3-1-4-8-20/h1-15,18H,17H2/b22-15-. The van der Waals surface area contributed by atoms with Gasteiger partial charge in [0, 0.05) is 10.9 Å². The smallest absolute Gasteiger partial charge is 0.134 e. The van der Waals surface area contributed by atoms with E-state index >= 15 is 0 Å². The number of ether oxygens (including phenoxy) is 1. The van der Waals surface area contributed by atoms with Crippen LogP contribution in [-0.2, 0) is 6.61 Å². The summed E-state index contributed by atoms with van der Waals surface area (Å²) in [6.45, 7) is 0.529. The van der Waals surface area contributed by atoms with Gasteiger partial charge in [-0.15, -0.1) is 11.3 Å². The van der Waals surface area contributed by atoms with Gasteiger partial charge in [0.05, 0.1) is 11.3 Å². The summed E-state index contributed by atoms with van der Waals surface area (Å²) in [7, 11) is 0. The molecule has 3 aromatic carbocycles. The summed E-state index contributed by atoms with van der Waals surface area (Å²) < 4.78 is 5.82. The van der Waals surface area contributed by atoms with Gasteiger partial charge >= 0.3 is 0 Å². The second-order valence-electron chi connectivity index (χ2n) is 6.42. The van der Waals surface area contributed by atoms with E-state index < -0.39 is 0 Å². The van der Waals surface area contributed by atoms with Gasteiger partial charge in [-0.3, -0.25) is 0 Å². The van der Waals surface area contributed by atoms with E-state index in [0.29, 0.717) is 12.2 Å². The molecule has 4 heteroatoms. The number of aromatic nitrogens is 1. The van der Waals surface area contributed by atoms with Crippen molar-refractivity contribution in [3.05, 3.63) is 106 Å². The summed E-state index contributed by atoms with van der Waals surface area (Å²) >= 11 is 1.48. The molecule has 1 aromatic heterocycles. The van der Waals surface area contributed by atoms with Crippen LogP contribution in [0.1, 0.15) is 16.1 Å². The van der Waals surface area contributed by atoms with Crippen molar-refractivity contribution in [1.29, 1.82) is 5.26 Å². The lowest BCUT2D eigenvalue weighted by Gasteiger charge is -2.06. The van der Waals surface area contributed by atoms with Gasteiger partial charge in [0.2, 0.25) is 0 Å². The zero-order chi connectivity index (χ0) is 19.9. The van der Waals surface area contributed by atoms with Crippen molar-refractivity contribution >= 4 is 23.0 Å². The highest BCUT2D eigenvalue weighted by atomic mass is 32.1. The van der Waals surface area contributed by atoms with Crippen molar-refractivity contribution in [3.8, 4) is 23.1 Å². The summed E-state index contributed by atoms with van der Waals surface area (Å²) in [5.41, 5.74) is 4.55. The number of hydrogen-bond acceptors (Lipinski definition) is 4. The largest absolute Gasteiger partial charge is 0.489 e. The normalized spacial score (nSPS) is 11.1. The molecule has 0 aliphatic rings. The number of benzene rings is 3. The molecule has 0 aliphatic heterocycles. The molecule has 0 bridgehead atoms. The molecule has 0 saturated carbocycles. The molecule has 0 unspecified atom stereocenters. The fourth-order valence-electron chi connectivity index (χ4n) is 2.85. The van der Waals surface area contributed by atoms with E-state index in [9.17, 15) is 5.26 Å². The first-order valence-electron chi connectivity index (χ1n) is 9.22. The molecular weight excluding hydrogens is 376 g/mol. The van der Waals surface area contributed by atoms with Gasteiger partial charge < -0.3 is 4.74 Å². The van der Waals surface area contributed by atoms with Crippen molar-refractivity contribution in [3.63, 3.8) is 0 Å². The molecule has 0 saturated heterocycles. The first kappa shape index (κ1) is 18.7. The zero-order valence-corrected chi connectivity index (χ0v) is 16.5. The molecule has 0 atom stereocenters. The van der Waals surface area contributed by atoms with Gasteiger partial charge in [0.25, 0.3) is 0 Å². The average molecular weight is 394 g/mol. The van der Waals surface area contributed by atoms with Crippen molar-refractivity contribution in [2.75, 3.05) is 0 Å². The van der Waals surface area contributed by atoms with Gasteiger partial charge in [-0.25, -0.2) is 4.98 Å². The molecule has 0 amide bonds. The Morgan fingerprint density at radius 3 is 2.31 bits per heavy atom. The maximum absolute atomic E-state index is 9.61. The fraction of sp³-hybridized carbons (Fsp3) is 0.0400. The molecule has 4 aromatic rings. The Morgan fingerprint density at radius 2 is 1.62 bits per heavy atom. The minimum Gasteiger partial charge on any atom is -0.489 e. The van der Waals surface area contributed by atoms with Crippen molar-refractivity contribution in [2.24, 2.45) is 0 Å². The number of nitrogens with zero attached hydrogens (tertiary/aromatic N) is 2. The molecule has 0 aliphatic carbocycles. The highest BCUT2D eigenvalue weighted by Gasteiger charge is 2.09. The highest BCUT2D eigenvalue weighted by Crippen LogP contribution is 2.27. The van der Waals surface area contributed by atoms with Crippen LogP contribution >= 0.6 is 11.3 Å².